The van der Waals surface area contributed by atoms with Gasteiger partial charge in [-0.1, -0.05) is 44.4 Å². The molecule has 116 valence electrons. The van der Waals surface area contributed by atoms with Crippen LogP contribution >= 0.6 is 11.6 Å². The van der Waals surface area contributed by atoms with Crippen molar-refractivity contribution in [2.45, 2.75) is 46.1 Å². The van der Waals surface area contributed by atoms with E-state index in [0.29, 0.717) is 5.92 Å². The molecule has 1 N–H and O–H groups in total. The van der Waals surface area contributed by atoms with Gasteiger partial charge in [-0.15, -0.1) is 0 Å². The van der Waals surface area contributed by atoms with Crippen molar-refractivity contribution in [1.29, 1.82) is 0 Å². The predicted octanol–water partition coefficient (Wildman–Crippen LogP) is 4.19. The molecule has 0 aromatic heterocycles. The molecule has 0 aliphatic heterocycles. The van der Waals surface area contributed by atoms with Crippen LogP contribution < -0.4 is 5.32 Å². The van der Waals surface area contributed by atoms with E-state index in [4.69, 9.17) is 11.6 Å². The molecule has 1 unspecified atom stereocenters. The minimum absolute atomic E-state index is 0.00609. The fourth-order valence-electron chi connectivity index (χ4n) is 2.04. The number of nitro groups is 1. The zero-order valence-electron chi connectivity index (χ0n) is 12.6. The number of benzene rings is 1. The van der Waals surface area contributed by atoms with Gasteiger partial charge in [-0.2, -0.15) is 0 Å². The number of nitro benzene ring substituents is 1. The lowest BCUT2D eigenvalue weighted by atomic mass is 10.0. The molecule has 0 saturated carbocycles. The van der Waals surface area contributed by atoms with Crippen molar-refractivity contribution in [2.24, 2.45) is 5.92 Å². The van der Waals surface area contributed by atoms with Crippen molar-refractivity contribution in [3.05, 3.63) is 38.9 Å². The van der Waals surface area contributed by atoms with Gasteiger partial charge in [-0.05, 0) is 25.3 Å². The Balaban J connectivity index is 2.67. The number of nitrogens with zero attached hydrogens (tertiary/aromatic N) is 1. The number of hydrogen-bond acceptors (Lipinski definition) is 3. The lowest BCUT2D eigenvalue weighted by Crippen LogP contribution is -2.32. The molecule has 1 rings (SSSR count). The van der Waals surface area contributed by atoms with Crippen LogP contribution in [0.25, 0.3) is 0 Å². The molecule has 0 bridgehead atoms. The number of hydrogen-bond donors (Lipinski definition) is 1. The summed E-state index contributed by atoms with van der Waals surface area (Å²) in [6.07, 6.45) is 3.01. The molecule has 0 aliphatic carbocycles. The Hall–Kier alpha value is -1.62. The van der Waals surface area contributed by atoms with Crippen LogP contribution in [0.3, 0.4) is 0 Å². The molecule has 0 spiro atoms. The summed E-state index contributed by atoms with van der Waals surface area (Å²) < 4.78 is 0. The Kier molecular flexibility index (Phi) is 6.62. The summed E-state index contributed by atoms with van der Waals surface area (Å²) in [7, 11) is 0. The van der Waals surface area contributed by atoms with Gasteiger partial charge >= 0.3 is 0 Å². The van der Waals surface area contributed by atoms with Crippen LogP contribution in [0.1, 0.15) is 50.4 Å². The standard InChI is InChI=1S/C15H21ClN2O3/c1-10(2)6-4-7-11(3)17-15(19)12-8-5-9-13(14(12)16)18(20)21/h5,8-11H,4,6-7H2,1-3H3,(H,17,19). The highest BCUT2D eigenvalue weighted by Crippen LogP contribution is 2.27. The molecule has 0 fully saturated rings. The quantitative estimate of drug-likeness (QED) is 0.606. The second-order valence-corrected chi connectivity index (χ2v) is 5.97. The first-order chi connectivity index (χ1) is 9.82. The van der Waals surface area contributed by atoms with E-state index >= 15 is 0 Å². The van der Waals surface area contributed by atoms with Crippen LogP contribution in [0, 0.1) is 16.0 Å². The van der Waals surface area contributed by atoms with Crippen molar-refractivity contribution >= 4 is 23.2 Å². The Morgan fingerprint density at radius 1 is 1.33 bits per heavy atom. The van der Waals surface area contributed by atoms with Gasteiger partial charge in [0.05, 0.1) is 10.5 Å². The molecule has 0 heterocycles. The van der Waals surface area contributed by atoms with Crippen molar-refractivity contribution in [3.8, 4) is 0 Å². The summed E-state index contributed by atoms with van der Waals surface area (Å²) >= 11 is 5.93. The number of amides is 1. The van der Waals surface area contributed by atoms with Gasteiger partial charge in [0.1, 0.15) is 5.02 Å². The number of halogens is 1. The third-order valence-corrected chi connectivity index (χ3v) is 3.61. The van der Waals surface area contributed by atoms with Gasteiger partial charge in [0.2, 0.25) is 0 Å². The van der Waals surface area contributed by atoms with Crippen LogP contribution in [0.15, 0.2) is 18.2 Å². The van der Waals surface area contributed by atoms with E-state index < -0.39 is 4.92 Å². The Morgan fingerprint density at radius 3 is 2.57 bits per heavy atom. The largest absolute Gasteiger partial charge is 0.350 e. The second-order valence-electron chi connectivity index (χ2n) is 5.60. The van der Waals surface area contributed by atoms with E-state index in [1.54, 1.807) is 0 Å². The Labute approximate surface area is 129 Å². The smallest absolute Gasteiger partial charge is 0.288 e. The van der Waals surface area contributed by atoms with Crippen LogP contribution in [0.5, 0.6) is 0 Å². The SMILES string of the molecule is CC(C)CCCC(C)NC(=O)c1cccc([N+](=O)[O-])c1Cl. The van der Waals surface area contributed by atoms with Crippen molar-refractivity contribution < 1.29 is 9.72 Å². The summed E-state index contributed by atoms with van der Waals surface area (Å²) in [5.74, 6) is 0.264. The van der Waals surface area contributed by atoms with Crippen molar-refractivity contribution in [2.75, 3.05) is 0 Å². The fraction of sp³-hybridized carbons (Fsp3) is 0.533. The summed E-state index contributed by atoms with van der Waals surface area (Å²) in [6.45, 7) is 6.24. The topological polar surface area (TPSA) is 72.2 Å². The van der Waals surface area contributed by atoms with Crippen LogP contribution in [-0.4, -0.2) is 16.9 Å². The molecular formula is C15H21ClN2O3. The summed E-state index contributed by atoms with van der Waals surface area (Å²) in [5, 5.41) is 13.5. The predicted molar refractivity (Wildman–Crippen MR) is 83.7 cm³/mol. The molecule has 1 atom stereocenters. The molecule has 21 heavy (non-hydrogen) atoms. The molecule has 1 aromatic rings. The highest BCUT2D eigenvalue weighted by atomic mass is 35.5. The number of carbonyl (C=O) groups is 1. The lowest BCUT2D eigenvalue weighted by molar-refractivity contribution is -0.384. The lowest BCUT2D eigenvalue weighted by Gasteiger charge is -2.15. The van der Waals surface area contributed by atoms with E-state index in [0.717, 1.165) is 19.3 Å². The van der Waals surface area contributed by atoms with E-state index in [9.17, 15) is 14.9 Å². The first kappa shape index (κ1) is 17.4. The first-order valence-electron chi connectivity index (χ1n) is 7.06. The van der Waals surface area contributed by atoms with Gasteiger partial charge in [0.25, 0.3) is 11.6 Å². The molecular weight excluding hydrogens is 292 g/mol. The summed E-state index contributed by atoms with van der Waals surface area (Å²) in [4.78, 5) is 22.4. The van der Waals surface area contributed by atoms with Crippen LogP contribution in [0.4, 0.5) is 5.69 Å². The van der Waals surface area contributed by atoms with Crippen LogP contribution in [0.2, 0.25) is 5.02 Å². The van der Waals surface area contributed by atoms with Crippen molar-refractivity contribution in [3.63, 3.8) is 0 Å². The summed E-state index contributed by atoms with van der Waals surface area (Å²) in [6, 6.07) is 4.24. The molecule has 1 aromatic carbocycles. The highest BCUT2D eigenvalue weighted by Gasteiger charge is 2.20. The molecule has 0 aliphatic rings. The molecule has 5 nitrogen and oxygen atoms in total. The zero-order chi connectivity index (χ0) is 16.0. The van der Waals surface area contributed by atoms with Crippen LogP contribution in [-0.2, 0) is 0 Å². The maximum absolute atomic E-state index is 12.1. The van der Waals surface area contributed by atoms with E-state index in [1.165, 1.54) is 18.2 Å². The van der Waals surface area contributed by atoms with E-state index in [1.807, 2.05) is 6.92 Å². The van der Waals surface area contributed by atoms with Gasteiger partial charge in [0, 0.05) is 12.1 Å². The van der Waals surface area contributed by atoms with Gasteiger partial charge in [-0.25, -0.2) is 0 Å². The summed E-state index contributed by atoms with van der Waals surface area (Å²) in [5.41, 5.74) is -0.113. The second kappa shape index (κ2) is 7.98. The monoisotopic (exact) mass is 312 g/mol. The molecule has 0 radical (unpaired) electrons. The average Bonchev–Trinajstić information content (AvgIpc) is 2.37. The number of carbonyl (C=O) groups excluding carboxylic acids is 1. The molecule has 0 saturated heterocycles. The normalized spacial score (nSPS) is 12.2. The average molecular weight is 313 g/mol. The van der Waals surface area contributed by atoms with E-state index in [2.05, 4.69) is 19.2 Å². The van der Waals surface area contributed by atoms with E-state index in [-0.39, 0.29) is 28.2 Å². The van der Waals surface area contributed by atoms with Gasteiger partial charge < -0.3 is 5.32 Å². The van der Waals surface area contributed by atoms with Crippen molar-refractivity contribution in [1.82, 2.24) is 5.32 Å². The maximum atomic E-state index is 12.1. The minimum Gasteiger partial charge on any atom is -0.350 e. The van der Waals surface area contributed by atoms with Gasteiger partial charge in [-0.3, -0.25) is 14.9 Å². The number of nitrogens with one attached hydrogen (secondary N) is 1. The Morgan fingerprint density at radius 2 is 2.00 bits per heavy atom. The third kappa shape index (κ3) is 5.34. The third-order valence-electron chi connectivity index (χ3n) is 3.22. The molecule has 6 heteroatoms. The van der Waals surface area contributed by atoms with Gasteiger partial charge in [0.15, 0.2) is 0 Å². The first-order valence-corrected chi connectivity index (χ1v) is 7.44. The minimum atomic E-state index is -0.592. The number of rotatable bonds is 7. The maximum Gasteiger partial charge on any atom is 0.288 e. The Bertz CT molecular complexity index is 518. The highest BCUT2D eigenvalue weighted by molar-refractivity contribution is 6.35. The fourth-order valence-corrected chi connectivity index (χ4v) is 2.32. The molecule has 1 amide bonds. The zero-order valence-corrected chi connectivity index (χ0v) is 13.3.